The van der Waals surface area contributed by atoms with Crippen molar-refractivity contribution in [3.8, 4) is 5.75 Å². The van der Waals surface area contributed by atoms with E-state index in [1.165, 1.54) is 23.9 Å². The second kappa shape index (κ2) is 9.65. The van der Waals surface area contributed by atoms with Crippen molar-refractivity contribution in [2.75, 3.05) is 23.8 Å². The van der Waals surface area contributed by atoms with Crippen molar-refractivity contribution in [3.05, 3.63) is 59.0 Å². The van der Waals surface area contributed by atoms with Crippen molar-refractivity contribution in [1.29, 1.82) is 0 Å². The standard InChI is InChI=1S/C22H24N4O4S/c1-2-3-11-30-17-6-4-16(5-7-17)23-22(28)26-10-8-18-19(13-26)31-21(24-18)25-20(27)15-9-12-29-14-15/h4-7,9,12,14H,2-3,8,10-11,13H2,1H3,(H,23,28)(H,24,25,27). The average Bonchev–Trinajstić information content (AvgIpc) is 3.44. The summed E-state index contributed by atoms with van der Waals surface area (Å²) in [5, 5.41) is 6.24. The van der Waals surface area contributed by atoms with Gasteiger partial charge in [0.05, 0.1) is 30.7 Å². The van der Waals surface area contributed by atoms with E-state index in [1.807, 2.05) is 24.3 Å². The third-order valence-electron chi connectivity index (χ3n) is 4.89. The fourth-order valence-corrected chi connectivity index (χ4v) is 4.18. The van der Waals surface area contributed by atoms with E-state index in [0.29, 0.717) is 36.8 Å². The smallest absolute Gasteiger partial charge is 0.322 e. The van der Waals surface area contributed by atoms with Gasteiger partial charge in [0.2, 0.25) is 0 Å². The molecule has 0 aliphatic carbocycles. The number of urea groups is 1. The Morgan fingerprint density at radius 2 is 2.06 bits per heavy atom. The fraction of sp³-hybridized carbons (Fsp3) is 0.318. The zero-order chi connectivity index (χ0) is 21.6. The Kier molecular flexibility index (Phi) is 6.51. The highest BCUT2D eigenvalue weighted by Crippen LogP contribution is 2.29. The molecule has 9 heteroatoms. The molecule has 1 aromatic carbocycles. The predicted octanol–water partition coefficient (Wildman–Crippen LogP) is 4.76. The largest absolute Gasteiger partial charge is 0.494 e. The number of nitrogens with zero attached hydrogens (tertiary/aromatic N) is 2. The first kappa shape index (κ1) is 20.9. The minimum Gasteiger partial charge on any atom is -0.494 e. The van der Waals surface area contributed by atoms with E-state index >= 15 is 0 Å². The van der Waals surface area contributed by atoms with Crippen molar-refractivity contribution in [1.82, 2.24) is 9.88 Å². The molecule has 0 bridgehead atoms. The minimum absolute atomic E-state index is 0.164. The van der Waals surface area contributed by atoms with Crippen molar-refractivity contribution in [2.45, 2.75) is 32.7 Å². The van der Waals surface area contributed by atoms with E-state index in [2.05, 4.69) is 22.5 Å². The summed E-state index contributed by atoms with van der Waals surface area (Å²) in [6, 6.07) is 8.83. The summed E-state index contributed by atoms with van der Waals surface area (Å²) in [4.78, 5) is 32.1. The van der Waals surface area contributed by atoms with Crippen molar-refractivity contribution >= 4 is 34.1 Å². The van der Waals surface area contributed by atoms with Crippen LogP contribution in [0.25, 0.3) is 0 Å². The molecule has 31 heavy (non-hydrogen) atoms. The summed E-state index contributed by atoms with van der Waals surface area (Å²) < 4.78 is 10.6. The number of ether oxygens (including phenoxy) is 1. The first-order valence-corrected chi connectivity index (χ1v) is 11.0. The Morgan fingerprint density at radius 3 is 2.81 bits per heavy atom. The second-order valence-corrected chi connectivity index (χ2v) is 8.27. The van der Waals surface area contributed by atoms with Gasteiger partial charge in [-0.05, 0) is 36.8 Å². The van der Waals surface area contributed by atoms with Crippen LogP contribution in [0.4, 0.5) is 15.6 Å². The number of thiazole rings is 1. The summed E-state index contributed by atoms with van der Waals surface area (Å²) in [6.07, 6.45) is 5.58. The SMILES string of the molecule is CCCCOc1ccc(NC(=O)N2CCc3nc(NC(=O)c4ccoc4)sc3C2)cc1. The van der Waals surface area contributed by atoms with Crippen LogP contribution < -0.4 is 15.4 Å². The second-order valence-electron chi connectivity index (χ2n) is 7.18. The average molecular weight is 441 g/mol. The molecule has 0 fully saturated rings. The Bertz CT molecular complexity index is 1030. The first-order chi connectivity index (χ1) is 15.1. The lowest BCUT2D eigenvalue weighted by Gasteiger charge is -2.26. The van der Waals surface area contributed by atoms with Gasteiger partial charge in [0.1, 0.15) is 12.0 Å². The van der Waals surface area contributed by atoms with E-state index in [4.69, 9.17) is 9.15 Å². The molecule has 8 nitrogen and oxygen atoms in total. The van der Waals surface area contributed by atoms with Crippen LogP contribution in [0.3, 0.4) is 0 Å². The topological polar surface area (TPSA) is 96.7 Å². The maximum absolute atomic E-state index is 12.7. The van der Waals surface area contributed by atoms with Crippen LogP contribution in [0.15, 0.2) is 47.3 Å². The number of nitrogens with one attached hydrogen (secondary N) is 2. The normalized spacial score (nSPS) is 12.9. The highest BCUT2D eigenvalue weighted by Gasteiger charge is 2.25. The van der Waals surface area contributed by atoms with Gasteiger partial charge in [-0.2, -0.15) is 0 Å². The number of carbonyl (C=O) groups is 2. The van der Waals surface area contributed by atoms with Gasteiger partial charge in [0.15, 0.2) is 5.13 Å². The number of fused-ring (bicyclic) bond motifs is 1. The van der Waals surface area contributed by atoms with Gasteiger partial charge in [0.25, 0.3) is 5.91 Å². The van der Waals surface area contributed by atoms with E-state index < -0.39 is 0 Å². The molecule has 1 aliphatic heterocycles. The molecular weight excluding hydrogens is 416 g/mol. The highest BCUT2D eigenvalue weighted by molar-refractivity contribution is 7.15. The predicted molar refractivity (Wildman–Crippen MR) is 119 cm³/mol. The van der Waals surface area contributed by atoms with Crippen LogP contribution in [0.2, 0.25) is 0 Å². The number of furan rings is 1. The number of unbranched alkanes of at least 4 members (excludes halogenated alkanes) is 1. The number of rotatable bonds is 7. The lowest BCUT2D eigenvalue weighted by atomic mass is 10.2. The molecule has 0 atom stereocenters. The van der Waals surface area contributed by atoms with Crippen LogP contribution in [0.5, 0.6) is 5.75 Å². The molecule has 0 spiro atoms. The molecule has 4 rings (SSSR count). The molecule has 3 amide bonds. The van der Waals surface area contributed by atoms with Crippen molar-refractivity contribution < 1.29 is 18.7 Å². The zero-order valence-corrected chi connectivity index (χ0v) is 18.0. The van der Waals surface area contributed by atoms with Crippen molar-refractivity contribution in [3.63, 3.8) is 0 Å². The molecule has 2 aromatic heterocycles. The molecule has 162 valence electrons. The lowest BCUT2D eigenvalue weighted by Crippen LogP contribution is -2.38. The monoisotopic (exact) mass is 440 g/mol. The lowest BCUT2D eigenvalue weighted by molar-refractivity contribution is 0.102. The van der Waals surface area contributed by atoms with E-state index in [9.17, 15) is 9.59 Å². The molecule has 3 heterocycles. The molecule has 3 aromatic rings. The summed E-state index contributed by atoms with van der Waals surface area (Å²) in [5.74, 6) is 0.528. The van der Waals surface area contributed by atoms with Gasteiger partial charge < -0.3 is 19.4 Å². The molecule has 1 aliphatic rings. The van der Waals surface area contributed by atoms with E-state index in [0.717, 1.165) is 34.8 Å². The number of carbonyl (C=O) groups excluding carboxylic acids is 2. The number of hydrogen-bond donors (Lipinski definition) is 2. The number of benzene rings is 1. The van der Waals surface area contributed by atoms with Crippen molar-refractivity contribution in [2.24, 2.45) is 0 Å². The van der Waals surface area contributed by atoms with Gasteiger partial charge in [0, 0.05) is 23.5 Å². The van der Waals surface area contributed by atoms with Crippen LogP contribution in [-0.2, 0) is 13.0 Å². The maximum atomic E-state index is 12.7. The first-order valence-electron chi connectivity index (χ1n) is 10.2. The third-order valence-corrected chi connectivity index (χ3v) is 5.89. The number of anilines is 2. The van der Waals surface area contributed by atoms with Gasteiger partial charge in [-0.25, -0.2) is 9.78 Å². The summed E-state index contributed by atoms with van der Waals surface area (Å²) in [5.41, 5.74) is 2.08. The Morgan fingerprint density at radius 1 is 1.23 bits per heavy atom. The van der Waals surface area contributed by atoms with Gasteiger partial charge in [-0.15, -0.1) is 0 Å². The van der Waals surface area contributed by atoms with E-state index in [-0.39, 0.29) is 11.9 Å². The van der Waals surface area contributed by atoms with E-state index in [1.54, 1.807) is 11.0 Å². The van der Waals surface area contributed by atoms with Gasteiger partial charge in [-0.1, -0.05) is 24.7 Å². The third kappa shape index (κ3) is 5.24. The number of amides is 3. The summed E-state index contributed by atoms with van der Waals surface area (Å²) in [6.45, 7) is 3.84. The number of hydrogen-bond acceptors (Lipinski definition) is 6. The van der Waals surface area contributed by atoms with Crippen LogP contribution in [0.1, 0.15) is 40.7 Å². The summed E-state index contributed by atoms with van der Waals surface area (Å²) >= 11 is 1.39. The van der Waals surface area contributed by atoms with Gasteiger partial charge >= 0.3 is 6.03 Å². The fourth-order valence-electron chi connectivity index (χ4n) is 3.16. The Labute approximate surface area is 184 Å². The minimum atomic E-state index is -0.267. The van der Waals surface area contributed by atoms with Crippen LogP contribution >= 0.6 is 11.3 Å². The summed E-state index contributed by atoms with van der Waals surface area (Å²) in [7, 11) is 0. The molecule has 2 N–H and O–H groups in total. The quantitative estimate of drug-likeness (QED) is 0.517. The maximum Gasteiger partial charge on any atom is 0.322 e. The van der Waals surface area contributed by atoms with Gasteiger partial charge in [-0.3, -0.25) is 10.1 Å². The molecule has 0 saturated heterocycles. The molecule has 0 saturated carbocycles. The Balaban J connectivity index is 1.32. The zero-order valence-electron chi connectivity index (χ0n) is 17.2. The highest BCUT2D eigenvalue weighted by atomic mass is 32.1. The number of aromatic nitrogens is 1. The molecular formula is C22H24N4O4S. The molecule has 0 unspecified atom stereocenters. The van der Waals surface area contributed by atoms with Crippen LogP contribution in [0, 0.1) is 0 Å². The molecule has 0 radical (unpaired) electrons. The van der Waals surface area contributed by atoms with Crippen LogP contribution in [-0.4, -0.2) is 35.0 Å². The Hall–Kier alpha value is -3.33.